The van der Waals surface area contributed by atoms with Gasteiger partial charge in [0.2, 0.25) is 0 Å². The number of aromatic nitrogens is 3. The molecule has 0 radical (unpaired) electrons. The van der Waals surface area contributed by atoms with Crippen LogP contribution in [0.2, 0.25) is 0 Å². The van der Waals surface area contributed by atoms with Gasteiger partial charge in [0.05, 0.1) is 24.7 Å². The summed E-state index contributed by atoms with van der Waals surface area (Å²) >= 11 is 0. The van der Waals surface area contributed by atoms with Crippen LogP contribution in [-0.4, -0.2) is 44.8 Å². The highest BCUT2D eigenvalue weighted by atomic mass is 16.5. The monoisotopic (exact) mass is 342 g/mol. The van der Waals surface area contributed by atoms with Gasteiger partial charge in [-0.2, -0.15) is 0 Å². The molecule has 7 nitrogen and oxygen atoms in total. The Hall–Kier alpha value is -2.15. The van der Waals surface area contributed by atoms with Gasteiger partial charge < -0.3 is 20.1 Å². The Morgan fingerprint density at radius 1 is 1.32 bits per heavy atom. The van der Waals surface area contributed by atoms with Crippen LogP contribution in [0.3, 0.4) is 0 Å². The molecule has 2 aromatic rings. The Kier molecular flexibility index (Phi) is 3.13. The molecule has 0 aromatic carbocycles. The normalized spacial score (nSPS) is 35.9. The van der Waals surface area contributed by atoms with E-state index in [9.17, 15) is 9.90 Å². The molecular formula is C18H22N4O3. The molecular weight excluding hydrogens is 320 g/mol. The average Bonchev–Trinajstić information content (AvgIpc) is 3.04. The zero-order chi connectivity index (χ0) is 17.2. The summed E-state index contributed by atoms with van der Waals surface area (Å²) in [5.74, 6) is 1.10. The number of pyridine rings is 1. The van der Waals surface area contributed by atoms with Crippen LogP contribution in [0.1, 0.15) is 42.5 Å². The summed E-state index contributed by atoms with van der Waals surface area (Å²) in [6.45, 7) is 0. The van der Waals surface area contributed by atoms with Crippen molar-refractivity contribution < 1.29 is 14.6 Å². The molecule has 5 atom stereocenters. The summed E-state index contributed by atoms with van der Waals surface area (Å²) in [4.78, 5) is 23.8. The van der Waals surface area contributed by atoms with Gasteiger partial charge in [-0.3, -0.25) is 0 Å². The molecule has 0 amide bonds. The molecule has 1 unspecified atom stereocenters. The highest BCUT2D eigenvalue weighted by Gasteiger charge is 2.54. The predicted molar refractivity (Wildman–Crippen MR) is 91.1 cm³/mol. The van der Waals surface area contributed by atoms with Crippen LogP contribution in [0.4, 0.5) is 5.69 Å². The van der Waals surface area contributed by atoms with Crippen LogP contribution in [-0.2, 0) is 4.74 Å². The second kappa shape index (κ2) is 5.17. The number of methoxy groups -OCH3 is 1. The quantitative estimate of drug-likeness (QED) is 0.739. The van der Waals surface area contributed by atoms with Crippen LogP contribution in [0.25, 0.3) is 11.2 Å². The molecule has 4 fully saturated rings. The van der Waals surface area contributed by atoms with Crippen LogP contribution >= 0.6 is 0 Å². The zero-order valence-corrected chi connectivity index (χ0v) is 14.2. The lowest BCUT2D eigenvalue weighted by molar-refractivity contribution is -0.129. The number of ether oxygens (including phenoxy) is 1. The van der Waals surface area contributed by atoms with Crippen molar-refractivity contribution in [2.75, 3.05) is 12.4 Å². The lowest BCUT2D eigenvalue weighted by Gasteiger charge is -2.58. The van der Waals surface area contributed by atoms with E-state index in [4.69, 9.17) is 4.74 Å². The third-order valence-corrected chi connectivity index (χ3v) is 6.41. The van der Waals surface area contributed by atoms with Gasteiger partial charge in [-0.15, -0.1) is 0 Å². The van der Waals surface area contributed by atoms with Gasteiger partial charge in [0.15, 0.2) is 5.65 Å². The maximum atomic E-state index is 12.2. The van der Waals surface area contributed by atoms with E-state index in [1.807, 2.05) is 0 Å². The van der Waals surface area contributed by atoms with E-state index in [1.165, 1.54) is 13.3 Å². The van der Waals surface area contributed by atoms with Gasteiger partial charge in [0.1, 0.15) is 11.1 Å². The number of imidazole rings is 1. The van der Waals surface area contributed by atoms with Gasteiger partial charge in [-0.05, 0) is 49.9 Å². The number of carbonyl (C=O) groups is 1. The topological polar surface area (TPSA) is 100 Å². The molecule has 4 aliphatic rings. The molecule has 0 spiro atoms. The van der Waals surface area contributed by atoms with E-state index in [2.05, 4.69) is 20.3 Å². The Morgan fingerprint density at radius 2 is 2.08 bits per heavy atom. The van der Waals surface area contributed by atoms with E-state index < -0.39 is 11.6 Å². The van der Waals surface area contributed by atoms with E-state index in [-0.39, 0.29) is 6.04 Å². The molecule has 132 valence electrons. The number of rotatable bonds is 3. The highest BCUT2D eigenvalue weighted by Crippen LogP contribution is 2.56. The van der Waals surface area contributed by atoms with Crippen LogP contribution in [0.15, 0.2) is 12.5 Å². The summed E-state index contributed by atoms with van der Waals surface area (Å²) in [6.07, 6.45) is 8.08. The van der Waals surface area contributed by atoms with Crippen LogP contribution in [0.5, 0.6) is 0 Å². The van der Waals surface area contributed by atoms with E-state index in [0.29, 0.717) is 40.2 Å². The molecule has 0 aliphatic heterocycles. The van der Waals surface area contributed by atoms with Crippen molar-refractivity contribution >= 4 is 22.8 Å². The number of hydrogen-bond donors (Lipinski definition) is 3. The lowest BCUT2D eigenvalue weighted by Crippen LogP contribution is -2.59. The first-order chi connectivity index (χ1) is 12.1. The molecule has 7 heteroatoms. The smallest absolute Gasteiger partial charge is 0.341 e. The van der Waals surface area contributed by atoms with E-state index >= 15 is 0 Å². The van der Waals surface area contributed by atoms with Crippen molar-refractivity contribution in [1.29, 1.82) is 0 Å². The molecule has 6 rings (SSSR count). The van der Waals surface area contributed by atoms with Gasteiger partial charge >= 0.3 is 5.97 Å². The predicted octanol–water partition coefficient (Wildman–Crippen LogP) is 2.10. The number of aliphatic hydroxyl groups is 1. The Labute approximate surface area is 145 Å². The maximum absolute atomic E-state index is 12.2. The summed E-state index contributed by atoms with van der Waals surface area (Å²) in [6, 6.07) is 0.252. The van der Waals surface area contributed by atoms with Crippen molar-refractivity contribution in [2.24, 2.45) is 17.8 Å². The van der Waals surface area contributed by atoms with Crippen molar-refractivity contribution in [2.45, 2.75) is 43.7 Å². The molecule has 4 aliphatic carbocycles. The molecule has 2 heterocycles. The van der Waals surface area contributed by atoms with E-state index in [1.54, 1.807) is 6.33 Å². The fraction of sp³-hybridized carbons (Fsp3) is 0.611. The van der Waals surface area contributed by atoms with Gasteiger partial charge in [0, 0.05) is 12.2 Å². The number of anilines is 1. The van der Waals surface area contributed by atoms with Crippen LogP contribution < -0.4 is 5.32 Å². The Morgan fingerprint density at radius 3 is 2.76 bits per heavy atom. The number of nitrogens with one attached hydrogen (secondary N) is 2. The molecule has 0 saturated heterocycles. The first-order valence-electron chi connectivity index (χ1n) is 8.95. The number of carbonyl (C=O) groups excluding carboxylic acids is 1. The maximum Gasteiger partial charge on any atom is 0.341 e. The Bertz CT molecular complexity index is 832. The minimum absolute atomic E-state index is 0.252. The van der Waals surface area contributed by atoms with E-state index in [0.717, 1.165) is 32.1 Å². The summed E-state index contributed by atoms with van der Waals surface area (Å²) in [5, 5.41) is 14.4. The lowest BCUT2D eigenvalue weighted by atomic mass is 9.52. The second-order valence-corrected chi connectivity index (χ2v) is 8.00. The number of aromatic amines is 1. The van der Waals surface area contributed by atoms with Crippen molar-refractivity contribution in [3.8, 4) is 0 Å². The van der Waals surface area contributed by atoms with Gasteiger partial charge in [-0.1, -0.05) is 0 Å². The summed E-state index contributed by atoms with van der Waals surface area (Å²) in [7, 11) is 1.37. The highest BCUT2D eigenvalue weighted by molar-refractivity contribution is 6.02. The number of fused-ring (bicyclic) bond motifs is 1. The largest absolute Gasteiger partial charge is 0.465 e. The van der Waals surface area contributed by atoms with Crippen molar-refractivity contribution in [1.82, 2.24) is 15.0 Å². The molecule has 4 saturated carbocycles. The zero-order valence-electron chi connectivity index (χ0n) is 14.2. The minimum atomic E-state index is -0.472. The Balaban J connectivity index is 1.54. The van der Waals surface area contributed by atoms with Crippen molar-refractivity contribution in [3.05, 3.63) is 18.1 Å². The SMILES string of the molecule is COC(=O)c1cnc2[nH]cnc2c1N[C@H]1[C@@H]2CC3C[C@H]1C[C@@](O)(C3)C2. The summed E-state index contributed by atoms with van der Waals surface area (Å²) < 4.78 is 4.93. The van der Waals surface area contributed by atoms with Gasteiger partial charge in [0.25, 0.3) is 0 Å². The second-order valence-electron chi connectivity index (χ2n) is 8.00. The van der Waals surface area contributed by atoms with Gasteiger partial charge in [-0.25, -0.2) is 14.8 Å². The molecule has 25 heavy (non-hydrogen) atoms. The van der Waals surface area contributed by atoms with Crippen molar-refractivity contribution in [3.63, 3.8) is 0 Å². The number of H-pyrrole nitrogens is 1. The first kappa shape index (κ1) is 15.1. The number of hydrogen-bond acceptors (Lipinski definition) is 6. The number of esters is 1. The third kappa shape index (κ3) is 2.25. The minimum Gasteiger partial charge on any atom is -0.465 e. The fourth-order valence-electron chi connectivity index (χ4n) is 5.68. The van der Waals surface area contributed by atoms with Crippen LogP contribution in [0, 0.1) is 17.8 Å². The first-order valence-corrected chi connectivity index (χ1v) is 8.95. The molecule has 3 N–H and O–H groups in total. The molecule has 2 aromatic heterocycles. The number of nitrogens with zero attached hydrogens (tertiary/aromatic N) is 2. The third-order valence-electron chi connectivity index (χ3n) is 6.41. The summed E-state index contributed by atoms with van der Waals surface area (Å²) in [5.41, 5.74) is 1.95. The fourth-order valence-corrected chi connectivity index (χ4v) is 5.68. The standard InChI is InChI=1S/C18H22N4O3/c1-25-17(23)12-7-19-16-15(20-8-21-16)14(12)22-13-10-2-9-3-11(13)6-18(24,4-9)5-10/h7-11,13,24H,2-6H2,1H3,(H2,19,20,21,22)/t9?,10-,11+,13+,18-. The molecule has 4 bridgehead atoms. The average molecular weight is 342 g/mol.